The lowest BCUT2D eigenvalue weighted by atomic mass is 10.1. The molecule has 8 nitrogen and oxygen atoms in total. The first-order chi connectivity index (χ1) is 13.1. The van der Waals surface area contributed by atoms with Gasteiger partial charge in [0, 0.05) is 38.7 Å². The molecule has 0 fully saturated rings. The highest BCUT2D eigenvalue weighted by Gasteiger charge is 2.14. The van der Waals surface area contributed by atoms with Crippen LogP contribution in [0.15, 0.2) is 36.7 Å². The number of pyridine rings is 1. The molecule has 0 spiro atoms. The number of amides is 2. The molecule has 144 valence electrons. The molecule has 1 heterocycles. The van der Waals surface area contributed by atoms with Crippen LogP contribution in [-0.2, 0) is 4.74 Å². The molecule has 1 aromatic carbocycles. The van der Waals surface area contributed by atoms with E-state index in [2.05, 4.69) is 15.6 Å². The molecule has 1 aromatic heterocycles. The largest absolute Gasteiger partial charge is 0.497 e. The number of benzene rings is 1. The molecule has 0 aliphatic rings. The Morgan fingerprint density at radius 1 is 1.00 bits per heavy atom. The summed E-state index contributed by atoms with van der Waals surface area (Å²) in [5.74, 6) is 0.372. The van der Waals surface area contributed by atoms with Crippen molar-refractivity contribution in [3.05, 3.63) is 47.8 Å². The number of carbonyl (C=O) groups is 2. The number of rotatable bonds is 9. The lowest BCUT2D eigenvalue weighted by molar-refractivity contribution is 0.0948. The number of hydrogen-bond donors (Lipinski definition) is 2. The maximum atomic E-state index is 12.5. The van der Waals surface area contributed by atoms with E-state index in [1.165, 1.54) is 25.6 Å². The fourth-order valence-electron chi connectivity index (χ4n) is 2.31. The third kappa shape index (κ3) is 5.68. The zero-order valence-electron chi connectivity index (χ0n) is 15.6. The molecule has 8 heteroatoms. The van der Waals surface area contributed by atoms with Gasteiger partial charge < -0.3 is 24.8 Å². The molecule has 0 unspecified atom stereocenters. The summed E-state index contributed by atoms with van der Waals surface area (Å²) < 4.78 is 15.3. The van der Waals surface area contributed by atoms with Crippen molar-refractivity contribution in [2.24, 2.45) is 0 Å². The average molecular weight is 373 g/mol. The number of ether oxygens (including phenoxy) is 3. The maximum Gasteiger partial charge on any atom is 0.257 e. The molecule has 27 heavy (non-hydrogen) atoms. The van der Waals surface area contributed by atoms with E-state index in [-0.39, 0.29) is 11.5 Å². The molecule has 0 bridgehead atoms. The number of carbonyl (C=O) groups excluding carboxylic acids is 2. The van der Waals surface area contributed by atoms with E-state index in [9.17, 15) is 9.59 Å². The first-order valence-electron chi connectivity index (χ1n) is 8.34. The summed E-state index contributed by atoms with van der Waals surface area (Å²) in [6.07, 6.45) is 3.51. The summed E-state index contributed by atoms with van der Waals surface area (Å²) in [6.45, 7) is 1.04. The van der Waals surface area contributed by atoms with Gasteiger partial charge in [0.2, 0.25) is 0 Å². The second kappa shape index (κ2) is 10.1. The molecule has 2 N–H and O–H groups in total. The van der Waals surface area contributed by atoms with Gasteiger partial charge in [0.25, 0.3) is 11.8 Å². The van der Waals surface area contributed by atoms with Gasteiger partial charge in [-0.05, 0) is 24.6 Å². The molecule has 2 aromatic rings. The Kier molecular flexibility index (Phi) is 7.57. The topological polar surface area (TPSA) is 98.8 Å². The van der Waals surface area contributed by atoms with Crippen LogP contribution < -0.4 is 20.1 Å². The molecule has 0 aliphatic carbocycles. The fraction of sp³-hybridized carbons (Fsp3) is 0.316. The van der Waals surface area contributed by atoms with Crippen LogP contribution in [0.25, 0.3) is 0 Å². The van der Waals surface area contributed by atoms with Gasteiger partial charge >= 0.3 is 0 Å². The van der Waals surface area contributed by atoms with E-state index in [0.29, 0.717) is 42.3 Å². The molecule has 0 atom stereocenters. The third-order valence-electron chi connectivity index (χ3n) is 3.73. The van der Waals surface area contributed by atoms with Gasteiger partial charge in [-0.3, -0.25) is 14.6 Å². The predicted molar refractivity (Wildman–Crippen MR) is 101 cm³/mol. The highest BCUT2D eigenvalue weighted by molar-refractivity contribution is 6.06. The number of methoxy groups -OCH3 is 3. The van der Waals surface area contributed by atoms with Crippen molar-refractivity contribution < 1.29 is 23.8 Å². The summed E-state index contributed by atoms with van der Waals surface area (Å²) in [7, 11) is 4.65. The summed E-state index contributed by atoms with van der Waals surface area (Å²) in [5.41, 5.74) is 1.05. The molecule has 2 rings (SSSR count). The Bertz CT molecular complexity index is 795. The summed E-state index contributed by atoms with van der Waals surface area (Å²) in [5, 5.41) is 5.50. The lowest BCUT2D eigenvalue weighted by Crippen LogP contribution is -2.25. The van der Waals surface area contributed by atoms with Crippen molar-refractivity contribution >= 4 is 17.5 Å². The minimum atomic E-state index is -0.403. The summed E-state index contributed by atoms with van der Waals surface area (Å²) in [4.78, 5) is 28.7. The van der Waals surface area contributed by atoms with Crippen LogP contribution >= 0.6 is 0 Å². The molecule has 0 saturated carbocycles. The van der Waals surface area contributed by atoms with Gasteiger partial charge in [0.1, 0.15) is 11.5 Å². The van der Waals surface area contributed by atoms with Crippen molar-refractivity contribution in [3.8, 4) is 11.5 Å². The van der Waals surface area contributed by atoms with Gasteiger partial charge in [-0.1, -0.05) is 0 Å². The Morgan fingerprint density at radius 2 is 1.74 bits per heavy atom. The van der Waals surface area contributed by atoms with Crippen LogP contribution in [0.5, 0.6) is 11.5 Å². The first-order valence-corrected chi connectivity index (χ1v) is 8.34. The minimum Gasteiger partial charge on any atom is -0.497 e. The predicted octanol–water partition coefficient (Wildman–Crippen LogP) is 2.12. The Labute approximate surface area is 157 Å². The van der Waals surface area contributed by atoms with Crippen molar-refractivity contribution in [1.29, 1.82) is 0 Å². The lowest BCUT2D eigenvalue weighted by Gasteiger charge is -2.12. The average Bonchev–Trinajstić information content (AvgIpc) is 2.71. The molecular weight excluding hydrogens is 350 g/mol. The van der Waals surface area contributed by atoms with Gasteiger partial charge in [0.05, 0.1) is 31.0 Å². The normalized spacial score (nSPS) is 10.2. The van der Waals surface area contributed by atoms with Gasteiger partial charge in [-0.2, -0.15) is 0 Å². The van der Waals surface area contributed by atoms with E-state index in [0.717, 1.165) is 0 Å². The Hall–Kier alpha value is -3.13. The summed E-state index contributed by atoms with van der Waals surface area (Å²) >= 11 is 0. The smallest absolute Gasteiger partial charge is 0.257 e. The number of aromatic nitrogens is 1. The standard InChI is InChI=1S/C19H23N3O5/c1-25-8-4-7-21-18(23)13-9-14(12-20-11-13)19(24)22-16-6-5-15(26-2)10-17(16)27-3/h5-6,9-12H,4,7-8H2,1-3H3,(H,21,23)(H,22,24). The molecular formula is C19H23N3O5. The molecule has 0 aliphatic heterocycles. The van der Waals surface area contributed by atoms with Gasteiger partial charge in [-0.15, -0.1) is 0 Å². The van der Waals surface area contributed by atoms with Crippen molar-refractivity contribution in [2.75, 3.05) is 39.8 Å². The third-order valence-corrected chi connectivity index (χ3v) is 3.73. The maximum absolute atomic E-state index is 12.5. The minimum absolute atomic E-state index is 0.261. The monoisotopic (exact) mass is 373 g/mol. The highest BCUT2D eigenvalue weighted by atomic mass is 16.5. The van der Waals surface area contributed by atoms with E-state index in [4.69, 9.17) is 14.2 Å². The van der Waals surface area contributed by atoms with Crippen LogP contribution in [0.4, 0.5) is 5.69 Å². The Morgan fingerprint density at radius 3 is 2.41 bits per heavy atom. The van der Waals surface area contributed by atoms with Crippen LogP contribution in [0, 0.1) is 0 Å². The molecule has 0 saturated heterocycles. The van der Waals surface area contributed by atoms with Crippen molar-refractivity contribution in [3.63, 3.8) is 0 Å². The van der Waals surface area contributed by atoms with Crippen LogP contribution in [0.1, 0.15) is 27.1 Å². The van der Waals surface area contributed by atoms with Crippen molar-refractivity contribution in [1.82, 2.24) is 10.3 Å². The van der Waals surface area contributed by atoms with E-state index in [1.54, 1.807) is 32.4 Å². The number of anilines is 1. The van der Waals surface area contributed by atoms with Gasteiger partial charge in [0.15, 0.2) is 0 Å². The second-order valence-electron chi connectivity index (χ2n) is 5.58. The highest BCUT2D eigenvalue weighted by Crippen LogP contribution is 2.29. The zero-order chi connectivity index (χ0) is 19.6. The van der Waals surface area contributed by atoms with E-state index in [1.807, 2.05) is 0 Å². The fourth-order valence-corrected chi connectivity index (χ4v) is 2.31. The van der Waals surface area contributed by atoms with Crippen LogP contribution in [-0.4, -0.2) is 51.3 Å². The van der Waals surface area contributed by atoms with Gasteiger partial charge in [-0.25, -0.2) is 0 Å². The number of nitrogens with zero attached hydrogens (tertiary/aromatic N) is 1. The molecule has 0 radical (unpaired) electrons. The van der Waals surface area contributed by atoms with Crippen LogP contribution in [0.2, 0.25) is 0 Å². The second-order valence-corrected chi connectivity index (χ2v) is 5.58. The quantitative estimate of drug-likeness (QED) is 0.653. The summed E-state index contributed by atoms with van der Waals surface area (Å²) in [6, 6.07) is 6.54. The number of hydrogen-bond acceptors (Lipinski definition) is 6. The Balaban J connectivity index is 2.08. The van der Waals surface area contributed by atoms with Crippen LogP contribution in [0.3, 0.4) is 0 Å². The SMILES string of the molecule is COCCCNC(=O)c1cncc(C(=O)Nc2ccc(OC)cc2OC)c1. The molecule has 2 amide bonds. The number of nitrogens with one attached hydrogen (secondary N) is 2. The van der Waals surface area contributed by atoms with E-state index < -0.39 is 5.91 Å². The van der Waals surface area contributed by atoms with Crippen molar-refractivity contribution in [2.45, 2.75) is 6.42 Å². The van der Waals surface area contributed by atoms with E-state index >= 15 is 0 Å². The first kappa shape index (κ1) is 20.2. The zero-order valence-corrected chi connectivity index (χ0v) is 15.6.